The van der Waals surface area contributed by atoms with Crippen molar-refractivity contribution in [2.75, 3.05) is 0 Å². The first-order chi connectivity index (χ1) is 8.54. The monoisotopic (exact) mass is 327 g/mol. The van der Waals surface area contributed by atoms with Gasteiger partial charge in [0.1, 0.15) is 5.76 Å². The van der Waals surface area contributed by atoms with E-state index in [1.807, 2.05) is 23.5 Å². The third-order valence-electron chi connectivity index (χ3n) is 2.86. The fourth-order valence-electron chi connectivity index (χ4n) is 2.03. The summed E-state index contributed by atoms with van der Waals surface area (Å²) < 4.78 is 6.34. The van der Waals surface area contributed by atoms with Crippen molar-refractivity contribution in [2.24, 2.45) is 0 Å². The summed E-state index contributed by atoms with van der Waals surface area (Å²) >= 11 is 5.20. The van der Waals surface area contributed by atoms with Gasteiger partial charge in [-0.2, -0.15) is 0 Å². The van der Waals surface area contributed by atoms with Crippen LogP contribution < -0.4 is 5.32 Å². The van der Waals surface area contributed by atoms with Crippen LogP contribution >= 0.6 is 27.3 Å². The van der Waals surface area contributed by atoms with Crippen LogP contribution in [-0.2, 0) is 6.42 Å². The van der Waals surface area contributed by atoms with Crippen molar-refractivity contribution in [3.63, 3.8) is 0 Å². The molecule has 98 valence electrons. The zero-order valence-electron chi connectivity index (χ0n) is 10.9. The number of nitrogens with one attached hydrogen (secondary N) is 1. The molecule has 2 rings (SSSR count). The summed E-state index contributed by atoms with van der Waals surface area (Å²) in [5, 5.41) is 3.56. The van der Waals surface area contributed by atoms with E-state index < -0.39 is 0 Å². The van der Waals surface area contributed by atoms with Crippen LogP contribution in [0.5, 0.6) is 0 Å². The number of hydrogen-bond donors (Lipinski definition) is 1. The Bertz CT molecular complexity index is 505. The molecule has 2 aromatic heterocycles. The van der Waals surface area contributed by atoms with Crippen molar-refractivity contribution in [1.29, 1.82) is 0 Å². The molecule has 0 aromatic carbocycles. The Morgan fingerprint density at radius 2 is 2.06 bits per heavy atom. The minimum absolute atomic E-state index is 0.229. The second kappa shape index (κ2) is 6.04. The van der Waals surface area contributed by atoms with Gasteiger partial charge in [-0.25, -0.2) is 0 Å². The van der Waals surface area contributed by atoms with Gasteiger partial charge in [0.25, 0.3) is 0 Å². The van der Waals surface area contributed by atoms with Crippen LogP contribution in [0.3, 0.4) is 0 Å². The van der Waals surface area contributed by atoms with Crippen molar-refractivity contribution in [3.8, 4) is 0 Å². The van der Waals surface area contributed by atoms with Crippen molar-refractivity contribution < 1.29 is 4.42 Å². The highest BCUT2D eigenvalue weighted by atomic mass is 79.9. The van der Waals surface area contributed by atoms with Gasteiger partial charge in [-0.15, -0.1) is 11.3 Å². The Labute approximate surface area is 121 Å². The number of halogens is 1. The predicted molar refractivity (Wildman–Crippen MR) is 80.2 cm³/mol. The highest BCUT2D eigenvalue weighted by Gasteiger charge is 2.13. The topological polar surface area (TPSA) is 25.2 Å². The number of aryl methyl sites for hydroxylation is 1. The number of furan rings is 1. The Kier molecular flexibility index (Phi) is 4.65. The maximum atomic E-state index is 5.56. The highest BCUT2D eigenvalue weighted by Crippen LogP contribution is 2.22. The van der Waals surface area contributed by atoms with Gasteiger partial charge in [0.15, 0.2) is 4.67 Å². The van der Waals surface area contributed by atoms with E-state index in [4.69, 9.17) is 4.42 Å². The van der Waals surface area contributed by atoms with Crippen molar-refractivity contribution in [3.05, 3.63) is 44.4 Å². The molecule has 0 aliphatic rings. The molecule has 2 aromatic rings. The molecule has 0 amide bonds. The quantitative estimate of drug-likeness (QED) is 0.861. The normalized spacial score (nSPS) is 14.7. The molecule has 0 saturated heterocycles. The minimum atomic E-state index is 0.229. The first-order valence-electron chi connectivity index (χ1n) is 6.11. The molecule has 2 heterocycles. The lowest BCUT2D eigenvalue weighted by Crippen LogP contribution is -2.30. The van der Waals surface area contributed by atoms with Gasteiger partial charge in [-0.3, -0.25) is 0 Å². The molecule has 0 fully saturated rings. The summed E-state index contributed by atoms with van der Waals surface area (Å²) in [7, 11) is 0. The van der Waals surface area contributed by atoms with Gasteiger partial charge in [0.2, 0.25) is 0 Å². The Balaban J connectivity index is 1.89. The molecule has 0 spiro atoms. The Morgan fingerprint density at radius 3 is 2.61 bits per heavy atom. The van der Waals surface area contributed by atoms with E-state index in [2.05, 4.69) is 54.2 Å². The third-order valence-corrected chi connectivity index (χ3v) is 4.31. The second-order valence-corrected chi connectivity index (χ2v) is 6.80. The number of hydrogen-bond acceptors (Lipinski definition) is 3. The van der Waals surface area contributed by atoms with Gasteiger partial charge < -0.3 is 9.73 Å². The molecule has 1 N–H and O–H groups in total. The lowest BCUT2D eigenvalue weighted by Gasteiger charge is -2.17. The summed E-state index contributed by atoms with van der Waals surface area (Å²) in [4.78, 5) is 2.81. The maximum Gasteiger partial charge on any atom is 0.169 e. The van der Waals surface area contributed by atoms with Crippen molar-refractivity contribution in [2.45, 2.75) is 39.3 Å². The summed E-state index contributed by atoms with van der Waals surface area (Å²) in [6.07, 6.45) is 1.06. The van der Waals surface area contributed by atoms with Crippen molar-refractivity contribution >= 4 is 27.3 Å². The van der Waals surface area contributed by atoms with E-state index >= 15 is 0 Å². The third kappa shape index (κ3) is 3.70. The molecule has 0 radical (unpaired) electrons. The fourth-order valence-corrected chi connectivity index (χ4v) is 3.36. The first-order valence-corrected chi connectivity index (χ1v) is 7.72. The van der Waals surface area contributed by atoms with E-state index in [9.17, 15) is 0 Å². The molecule has 0 aliphatic carbocycles. The highest BCUT2D eigenvalue weighted by molar-refractivity contribution is 9.10. The van der Waals surface area contributed by atoms with Crippen LogP contribution in [0.25, 0.3) is 0 Å². The Morgan fingerprint density at radius 1 is 1.28 bits per heavy atom. The average molecular weight is 328 g/mol. The molecule has 0 saturated carbocycles. The molecular formula is C14H18BrNOS. The lowest BCUT2D eigenvalue weighted by molar-refractivity contribution is 0.389. The van der Waals surface area contributed by atoms with Crippen LogP contribution in [0.1, 0.15) is 35.4 Å². The summed E-state index contributed by atoms with van der Waals surface area (Å²) in [6.45, 7) is 6.49. The zero-order valence-corrected chi connectivity index (χ0v) is 13.3. The second-order valence-electron chi connectivity index (χ2n) is 4.65. The molecule has 4 heteroatoms. The number of rotatable bonds is 5. The largest absolute Gasteiger partial charge is 0.453 e. The van der Waals surface area contributed by atoms with Crippen LogP contribution in [0, 0.1) is 6.92 Å². The molecule has 18 heavy (non-hydrogen) atoms. The van der Waals surface area contributed by atoms with E-state index in [0.29, 0.717) is 6.04 Å². The van der Waals surface area contributed by atoms with Gasteiger partial charge in [-0.1, -0.05) is 0 Å². The summed E-state index contributed by atoms with van der Waals surface area (Å²) in [5.41, 5.74) is 0. The van der Waals surface area contributed by atoms with Crippen molar-refractivity contribution in [1.82, 2.24) is 5.32 Å². The molecule has 2 nitrogen and oxygen atoms in total. The zero-order chi connectivity index (χ0) is 13.1. The predicted octanol–water partition coefficient (Wildman–Crippen LogP) is 4.69. The maximum absolute atomic E-state index is 5.56. The summed E-state index contributed by atoms with van der Waals surface area (Å²) in [6, 6.07) is 8.99. The van der Waals surface area contributed by atoms with Crippen LogP contribution in [-0.4, -0.2) is 6.04 Å². The van der Waals surface area contributed by atoms with Gasteiger partial charge >= 0.3 is 0 Å². The number of thiophene rings is 1. The van der Waals surface area contributed by atoms with Gasteiger partial charge in [0.05, 0.1) is 6.04 Å². The molecule has 2 atom stereocenters. The van der Waals surface area contributed by atoms with Crippen LogP contribution in [0.15, 0.2) is 33.4 Å². The average Bonchev–Trinajstić information content (AvgIpc) is 2.87. The smallest absolute Gasteiger partial charge is 0.169 e. The van der Waals surface area contributed by atoms with E-state index in [1.165, 1.54) is 9.75 Å². The molecule has 0 bridgehead atoms. The first kappa shape index (κ1) is 13.8. The van der Waals surface area contributed by atoms with Gasteiger partial charge in [-0.05, 0) is 67.4 Å². The Hall–Kier alpha value is -0.580. The molecule has 2 unspecified atom stereocenters. The van der Waals surface area contributed by atoms with Crippen LogP contribution in [0.4, 0.5) is 0 Å². The fraction of sp³-hybridized carbons (Fsp3) is 0.429. The van der Waals surface area contributed by atoms with Crippen LogP contribution in [0.2, 0.25) is 0 Å². The van der Waals surface area contributed by atoms with Gasteiger partial charge in [0, 0.05) is 15.8 Å². The lowest BCUT2D eigenvalue weighted by atomic mass is 10.1. The standard InChI is InChI=1S/C14H18BrNOS/c1-9(8-12-5-4-10(2)18-12)16-11(3)13-6-7-14(15)17-13/h4-7,9,11,16H,8H2,1-3H3. The SMILES string of the molecule is Cc1ccc(CC(C)NC(C)c2ccc(Br)o2)s1. The molecule has 0 aliphatic heterocycles. The van der Waals surface area contributed by atoms with E-state index in [0.717, 1.165) is 16.9 Å². The van der Waals surface area contributed by atoms with E-state index in [-0.39, 0.29) is 6.04 Å². The van der Waals surface area contributed by atoms with E-state index in [1.54, 1.807) is 0 Å². The summed E-state index contributed by atoms with van der Waals surface area (Å²) in [5.74, 6) is 0.969. The minimum Gasteiger partial charge on any atom is -0.453 e. The molecular weight excluding hydrogens is 310 g/mol.